The molecule has 128 valence electrons. The summed E-state index contributed by atoms with van der Waals surface area (Å²) in [5.74, 6) is 0.733. The lowest BCUT2D eigenvalue weighted by molar-refractivity contribution is -0.109. The van der Waals surface area contributed by atoms with Crippen LogP contribution in [0.15, 0.2) is 24.3 Å². The van der Waals surface area contributed by atoms with Crippen LogP contribution in [0.4, 0.5) is 4.39 Å². The first-order valence-electron chi connectivity index (χ1n) is 8.77. The highest BCUT2D eigenvalue weighted by molar-refractivity contribution is 5.94. The van der Waals surface area contributed by atoms with Gasteiger partial charge in [0.1, 0.15) is 5.67 Å². The van der Waals surface area contributed by atoms with Crippen molar-refractivity contribution in [1.82, 2.24) is 10.6 Å². The van der Waals surface area contributed by atoms with E-state index in [0.29, 0.717) is 49.6 Å². The van der Waals surface area contributed by atoms with Crippen molar-refractivity contribution in [3.63, 3.8) is 0 Å². The molecule has 2 N–H and O–H groups in total. The second-order valence-corrected chi connectivity index (χ2v) is 8.04. The monoisotopic (exact) mass is 330 g/mol. The van der Waals surface area contributed by atoms with Gasteiger partial charge in [-0.25, -0.2) is 4.39 Å². The number of alkyl halides is 1. The molecule has 0 radical (unpaired) electrons. The molecule has 0 saturated heterocycles. The van der Waals surface area contributed by atoms with Gasteiger partial charge in [0.2, 0.25) is 6.41 Å². The number of hydrogen-bond acceptors (Lipinski definition) is 2. The van der Waals surface area contributed by atoms with Crippen molar-refractivity contribution in [3.05, 3.63) is 35.4 Å². The van der Waals surface area contributed by atoms with E-state index in [4.69, 9.17) is 0 Å². The van der Waals surface area contributed by atoms with Crippen LogP contribution in [0.5, 0.6) is 0 Å². The van der Waals surface area contributed by atoms with Gasteiger partial charge >= 0.3 is 0 Å². The average molecular weight is 330 g/mol. The molecule has 0 spiro atoms. The molecule has 2 atom stereocenters. The average Bonchev–Trinajstić information content (AvgIpc) is 2.50. The third-order valence-corrected chi connectivity index (χ3v) is 5.97. The number of carbonyl (C=O) groups excluding carboxylic acids is 2. The minimum Gasteiger partial charge on any atom is -0.355 e. The minimum absolute atomic E-state index is 0.115. The zero-order valence-electron chi connectivity index (χ0n) is 13.7. The van der Waals surface area contributed by atoms with Crippen molar-refractivity contribution in [2.45, 2.75) is 56.3 Å². The molecule has 4 bridgehead atoms. The Morgan fingerprint density at radius 3 is 2.42 bits per heavy atom. The third-order valence-electron chi connectivity index (χ3n) is 5.97. The number of benzene rings is 1. The van der Waals surface area contributed by atoms with E-state index in [1.807, 2.05) is 12.1 Å². The smallest absolute Gasteiger partial charge is 0.251 e. The Balaban J connectivity index is 1.47. The molecule has 5 heteroatoms. The largest absolute Gasteiger partial charge is 0.355 e. The first kappa shape index (κ1) is 15.6. The van der Waals surface area contributed by atoms with Gasteiger partial charge in [-0.2, -0.15) is 0 Å². The first-order valence-corrected chi connectivity index (χ1v) is 8.77. The van der Waals surface area contributed by atoms with E-state index in [9.17, 15) is 14.0 Å². The Morgan fingerprint density at radius 2 is 1.83 bits per heavy atom. The summed E-state index contributed by atoms with van der Waals surface area (Å²) in [5, 5.41) is 5.78. The fourth-order valence-corrected chi connectivity index (χ4v) is 5.54. The van der Waals surface area contributed by atoms with Crippen molar-refractivity contribution in [2.24, 2.45) is 11.8 Å². The number of amides is 2. The quantitative estimate of drug-likeness (QED) is 0.816. The Labute approximate surface area is 141 Å². The normalized spacial score (nSPS) is 36.4. The summed E-state index contributed by atoms with van der Waals surface area (Å²) in [6, 6.07) is 7.20. The molecule has 1 aromatic rings. The van der Waals surface area contributed by atoms with Gasteiger partial charge < -0.3 is 10.6 Å². The Bertz CT molecular complexity index is 644. The maximum Gasteiger partial charge on any atom is 0.251 e. The Hall–Kier alpha value is -1.91. The van der Waals surface area contributed by atoms with Crippen molar-refractivity contribution < 1.29 is 14.0 Å². The van der Waals surface area contributed by atoms with Crippen LogP contribution < -0.4 is 10.6 Å². The van der Waals surface area contributed by atoms with Gasteiger partial charge in [-0.3, -0.25) is 9.59 Å². The van der Waals surface area contributed by atoms with E-state index >= 15 is 0 Å². The molecular weight excluding hydrogens is 307 g/mol. The molecular formula is C19H23FN2O2. The summed E-state index contributed by atoms with van der Waals surface area (Å²) >= 11 is 0. The second kappa shape index (κ2) is 5.57. The highest BCUT2D eigenvalue weighted by atomic mass is 19.1. The number of hydrogen-bond donors (Lipinski definition) is 2. The number of rotatable bonds is 5. The number of halogens is 1. The molecule has 0 aliphatic heterocycles. The molecule has 4 saturated carbocycles. The van der Waals surface area contributed by atoms with E-state index in [1.165, 1.54) is 0 Å². The summed E-state index contributed by atoms with van der Waals surface area (Å²) in [4.78, 5) is 23.0. The van der Waals surface area contributed by atoms with E-state index in [2.05, 4.69) is 10.6 Å². The van der Waals surface area contributed by atoms with Crippen LogP contribution in [0.3, 0.4) is 0 Å². The molecule has 4 aliphatic carbocycles. The third kappa shape index (κ3) is 2.80. The predicted octanol–water partition coefficient (Wildman–Crippen LogP) is 2.72. The van der Waals surface area contributed by atoms with Gasteiger partial charge in [-0.1, -0.05) is 12.1 Å². The summed E-state index contributed by atoms with van der Waals surface area (Å²) in [6.07, 6.45) is 5.45. The van der Waals surface area contributed by atoms with Crippen molar-refractivity contribution in [3.8, 4) is 0 Å². The number of nitrogens with one attached hydrogen (secondary N) is 2. The maximum atomic E-state index is 15.0. The highest BCUT2D eigenvalue weighted by Crippen LogP contribution is 2.59. The molecule has 2 amide bonds. The molecule has 1 aromatic carbocycles. The van der Waals surface area contributed by atoms with E-state index in [-0.39, 0.29) is 11.4 Å². The van der Waals surface area contributed by atoms with Crippen LogP contribution in [0.25, 0.3) is 0 Å². The van der Waals surface area contributed by atoms with Crippen LogP contribution in [0.2, 0.25) is 0 Å². The molecule has 4 aliphatic rings. The standard InChI is InChI=1S/C19H23FN2O2/c20-18-6-14-5-15(7-18)9-19(8-14,11-18)22-17(24)16-3-1-13(2-4-16)10-21-12-23/h1-4,12,14-15H,5-11H2,(H,21,23)(H,22,24). The van der Waals surface area contributed by atoms with Gasteiger partial charge in [0.15, 0.2) is 0 Å². The fraction of sp³-hybridized carbons (Fsp3) is 0.579. The summed E-state index contributed by atoms with van der Waals surface area (Å²) < 4.78 is 15.0. The predicted molar refractivity (Wildman–Crippen MR) is 88.1 cm³/mol. The van der Waals surface area contributed by atoms with Crippen LogP contribution in [-0.4, -0.2) is 23.5 Å². The lowest BCUT2D eigenvalue weighted by Crippen LogP contribution is -2.64. The van der Waals surface area contributed by atoms with E-state index in [1.54, 1.807) is 12.1 Å². The van der Waals surface area contributed by atoms with Crippen molar-refractivity contribution in [1.29, 1.82) is 0 Å². The SMILES string of the molecule is O=CNCc1ccc(C(=O)NC23CC4CC(CC(F)(C4)C2)C3)cc1. The van der Waals surface area contributed by atoms with Gasteiger partial charge in [-0.15, -0.1) is 0 Å². The molecule has 24 heavy (non-hydrogen) atoms. The molecule has 4 fully saturated rings. The van der Waals surface area contributed by atoms with Gasteiger partial charge in [0.05, 0.1) is 0 Å². The lowest BCUT2D eigenvalue weighted by Gasteiger charge is -2.59. The van der Waals surface area contributed by atoms with Gasteiger partial charge in [0.25, 0.3) is 5.91 Å². The van der Waals surface area contributed by atoms with Crippen LogP contribution >= 0.6 is 0 Å². The second-order valence-electron chi connectivity index (χ2n) is 8.04. The molecule has 4 nitrogen and oxygen atoms in total. The van der Waals surface area contributed by atoms with Crippen molar-refractivity contribution in [2.75, 3.05) is 0 Å². The zero-order valence-corrected chi connectivity index (χ0v) is 13.7. The topological polar surface area (TPSA) is 58.2 Å². The molecule has 0 aromatic heterocycles. The first-order chi connectivity index (χ1) is 11.5. The van der Waals surface area contributed by atoms with E-state index in [0.717, 1.165) is 24.8 Å². The fourth-order valence-electron chi connectivity index (χ4n) is 5.54. The maximum absolute atomic E-state index is 15.0. The van der Waals surface area contributed by atoms with Gasteiger partial charge in [0, 0.05) is 24.1 Å². The zero-order chi connectivity index (χ0) is 16.8. The summed E-state index contributed by atoms with van der Waals surface area (Å²) in [6.45, 7) is 0.447. The summed E-state index contributed by atoms with van der Waals surface area (Å²) in [7, 11) is 0. The molecule has 0 heterocycles. The minimum atomic E-state index is -1.07. The number of carbonyl (C=O) groups is 2. The van der Waals surface area contributed by atoms with Crippen LogP contribution in [0, 0.1) is 11.8 Å². The highest BCUT2D eigenvalue weighted by Gasteiger charge is 2.58. The lowest BCUT2D eigenvalue weighted by atomic mass is 9.51. The summed E-state index contributed by atoms with van der Waals surface area (Å²) in [5.41, 5.74) is 0.111. The molecule has 2 unspecified atom stereocenters. The van der Waals surface area contributed by atoms with Crippen molar-refractivity contribution >= 4 is 12.3 Å². The van der Waals surface area contributed by atoms with Crippen LogP contribution in [-0.2, 0) is 11.3 Å². The van der Waals surface area contributed by atoms with E-state index < -0.39 is 5.67 Å². The Kier molecular flexibility index (Phi) is 3.62. The molecule has 5 rings (SSSR count). The van der Waals surface area contributed by atoms with Crippen LogP contribution in [0.1, 0.15) is 54.4 Å². The Morgan fingerprint density at radius 1 is 1.17 bits per heavy atom. The van der Waals surface area contributed by atoms with Gasteiger partial charge in [-0.05, 0) is 61.6 Å².